The average molecular weight is 663 g/mol. The van der Waals surface area contributed by atoms with Gasteiger partial charge in [0.1, 0.15) is 28.6 Å². The van der Waals surface area contributed by atoms with E-state index < -0.39 is 50.6 Å². The number of amidine groups is 1. The minimum absolute atomic E-state index is 0.0896. The highest BCUT2D eigenvalue weighted by Crippen LogP contribution is 2.34. The summed E-state index contributed by atoms with van der Waals surface area (Å²) in [6, 6.07) is 13.2. The molecule has 0 saturated heterocycles. The summed E-state index contributed by atoms with van der Waals surface area (Å²) in [5.74, 6) is -4.47. The summed E-state index contributed by atoms with van der Waals surface area (Å²) in [6.07, 6.45) is -5.61. The van der Waals surface area contributed by atoms with Gasteiger partial charge in [-0.1, -0.05) is 18.2 Å². The molecule has 46 heavy (non-hydrogen) atoms. The van der Waals surface area contributed by atoms with Gasteiger partial charge in [0.2, 0.25) is 0 Å². The van der Waals surface area contributed by atoms with Crippen LogP contribution < -0.4 is 35.5 Å². The Labute approximate surface area is 262 Å². The molecule has 0 aliphatic heterocycles. The van der Waals surface area contributed by atoms with Crippen LogP contribution in [-0.2, 0) is 19.6 Å². The molecule has 0 aromatic heterocycles. The zero-order valence-electron chi connectivity index (χ0n) is 24.6. The van der Waals surface area contributed by atoms with Gasteiger partial charge in [-0.3, -0.25) is 15.6 Å². The van der Waals surface area contributed by atoms with E-state index in [-0.39, 0.29) is 40.8 Å². The second-order valence-corrected chi connectivity index (χ2v) is 11.2. The molecule has 17 heteroatoms. The fraction of sp³-hybridized carbons (Fsp3) is 0.241. The van der Waals surface area contributed by atoms with Crippen LogP contribution in [0.15, 0.2) is 65.6 Å². The third kappa shape index (κ3) is 8.86. The van der Waals surface area contributed by atoms with Gasteiger partial charge in [-0.2, -0.15) is 18.4 Å². The Balaban J connectivity index is 2.06. The Morgan fingerprint density at radius 1 is 1.04 bits per heavy atom. The Bertz CT molecular complexity index is 1780. The molecule has 0 heterocycles. The third-order valence-corrected chi connectivity index (χ3v) is 7.15. The first-order valence-electron chi connectivity index (χ1n) is 13.4. The summed E-state index contributed by atoms with van der Waals surface area (Å²) in [5, 5.41) is 19.7. The first kappa shape index (κ1) is 35.1. The molecule has 13 nitrogen and oxygen atoms in total. The van der Waals surface area contributed by atoms with Gasteiger partial charge in [0.15, 0.2) is 11.5 Å². The number of nitrogens with one attached hydrogen (secondary N) is 4. The summed E-state index contributed by atoms with van der Waals surface area (Å²) in [5.41, 5.74) is 7.08. The highest BCUT2D eigenvalue weighted by molar-refractivity contribution is 7.89. The highest BCUT2D eigenvalue weighted by atomic mass is 32.2. The lowest BCUT2D eigenvalue weighted by atomic mass is 10.0. The molecule has 1 atom stereocenters. The number of rotatable bonds is 13. The van der Waals surface area contributed by atoms with Crippen molar-refractivity contribution in [1.29, 1.82) is 10.7 Å². The number of nitrogens with two attached hydrogens (primary N) is 1. The number of alkyl halides is 3. The number of carbonyl (C=O) groups excluding carboxylic acids is 2. The molecular formula is C29H29F3N6O7S. The molecule has 1 unspecified atom stereocenters. The maximum absolute atomic E-state index is 13.6. The van der Waals surface area contributed by atoms with Gasteiger partial charge in [0.25, 0.3) is 15.9 Å². The number of hydrogen-bond donors (Lipinski definition) is 5. The summed E-state index contributed by atoms with van der Waals surface area (Å²) in [6.45, 7) is 5.49. The zero-order chi connectivity index (χ0) is 34.2. The standard InChI is InChI=1S/C29H29F3N6O7S/c1-4-43-23-13-17(9-12-21(23)44-16(2)3)25(27(39)37-38-46(41,42)24-8-6-5-7-18(24)15-33)36-19-10-11-20(26(34)35)22(14-19)45-28(40)29(30,31)32/h5-14,16,25,36,38H,4H2,1-3H3,(H3,34,35)(H,37,39). The number of amides is 1. The van der Waals surface area contributed by atoms with Crippen molar-refractivity contribution in [2.45, 2.75) is 44.0 Å². The quantitative estimate of drug-likeness (QED) is 0.0590. The van der Waals surface area contributed by atoms with E-state index in [1.807, 2.05) is 4.83 Å². The van der Waals surface area contributed by atoms with Crippen molar-refractivity contribution in [1.82, 2.24) is 10.3 Å². The number of benzene rings is 3. The number of hydrazine groups is 1. The fourth-order valence-electron chi connectivity index (χ4n) is 3.91. The highest BCUT2D eigenvalue weighted by Gasteiger charge is 2.42. The molecule has 1 amide bonds. The molecule has 0 fully saturated rings. The summed E-state index contributed by atoms with van der Waals surface area (Å²) in [4.78, 5) is 26.6. The number of nitriles is 1. The Morgan fingerprint density at radius 3 is 2.35 bits per heavy atom. The van der Waals surface area contributed by atoms with Crippen molar-refractivity contribution in [3.05, 3.63) is 77.4 Å². The number of anilines is 1. The lowest BCUT2D eigenvalue weighted by Crippen LogP contribution is -2.45. The van der Waals surface area contributed by atoms with Crippen LogP contribution >= 0.6 is 0 Å². The van der Waals surface area contributed by atoms with Gasteiger partial charge in [0, 0.05) is 11.8 Å². The smallest absolute Gasteiger partial charge is 0.490 e. The average Bonchev–Trinajstić information content (AvgIpc) is 2.99. The van der Waals surface area contributed by atoms with Crippen LogP contribution in [0.2, 0.25) is 0 Å². The van der Waals surface area contributed by atoms with E-state index in [1.54, 1.807) is 26.8 Å². The van der Waals surface area contributed by atoms with Gasteiger partial charge in [-0.05, 0) is 62.7 Å². The van der Waals surface area contributed by atoms with Gasteiger partial charge in [-0.15, -0.1) is 4.83 Å². The topological polar surface area (TPSA) is 206 Å². The van der Waals surface area contributed by atoms with E-state index in [0.717, 1.165) is 18.2 Å². The van der Waals surface area contributed by atoms with Crippen molar-refractivity contribution in [2.75, 3.05) is 11.9 Å². The Hall–Kier alpha value is -5.34. The molecule has 0 bridgehead atoms. The van der Waals surface area contributed by atoms with Gasteiger partial charge < -0.3 is 25.3 Å². The molecule has 0 aliphatic rings. The Morgan fingerprint density at radius 2 is 1.74 bits per heavy atom. The van der Waals surface area contributed by atoms with Crippen molar-refractivity contribution in [2.24, 2.45) is 5.73 Å². The molecule has 6 N–H and O–H groups in total. The molecule has 0 aliphatic carbocycles. The number of esters is 1. The van der Waals surface area contributed by atoms with Crippen LogP contribution in [0.25, 0.3) is 0 Å². The lowest BCUT2D eigenvalue weighted by Gasteiger charge is -2.23. The van der Waals surface area contributed by atoms with Crippen molar-refractivity contribution >= 4 is 33.4 Å². The summed E-state index contributed by atoms with van der Waals surface area (Å²) in [7, 11) is -4.45. The summed E-state index contributed by atoms with van der Waals surface area (Å²) < 4.78 is 80.6. The molecule has 3 rings (SSSR count). The maximum atomic E-state index is 13.6. The van der Waals surface area contributed by atoms with Crippen LogP contribution in [0.4, 0.5) is 18.9 Å². The number of sulfonamides is 1. The van der Waals surface area contributed by atoms with Gasteiger partial charge in [-0.25, -0.2) is 13.2 Å². The van der Waals surface area contributed by atoms with E-state index in [1.165, 1.54) is 42.5 Å². The van der Waals surface area contributed by atoms with Crippen LogP contribution in [0.5, 0.6) is 17.2 Å². The lowest BCUT2D eigenvalue weighted by molar-refractivity contribution is -0.189. The summed E-state index contributed by atoms with van der Waals surface area (Å²) >= 11 is 0. The third-order valence-electron chi connectivity index (χ3n) is 5.85. The van der Waals surface area contributed by atoms with Crippen LogP contribution in [0, 0.1) is 16.7 Å². The number of ether oxygens (including phenoxy) is 3. The number of nitrogens with zero attached hydrogens (tertiary/aromatic N) is 1. The van der Waals surface area contributed by atoms with Crippen LogP contribution in [-0.4, -0.2) is 45.0 Å². The zero-order valence-corrected chi connectivity index (χ0v) is 25.4. The molecular weight excluding hydrogens is 633 g/mol. The first-order valence-corrected chi connectivity index (χ1v) is 14.8. The predicted octanol–water partition coefficient (Wildman–Crippen LogP) is 3.66. The van der Waals surface area contributed by atoms with Crippen LogP contribution in [0.1, 0.15) is 43.5 Å². The minimum Gasteiger partial charge on any atom is -0.490 e. The van der Waals surface area contributed by atoms with Crippen molar-refractivity contribution in [3.8, 4) is 23.3 Å². The van der Waals surface area contributed by atoms with Crippen molar-refractivity contribution < 1.29 is 45.4 Å². The number of halogens is 3. The fourth-order valence-corrected chi connectivity index (χ4v) is 4.91. The molecule has 0 saturated carbocycles. The molecule has 0 radical (unpaired) electrons. The van der Waals surface area contributed by atoms with E-state index >= 15 is 0 Å². The molecule has 244 valence electrons. The largest absolute Gasteiger partial charge is 0.491 e. The van der Waals surface area contributed by atoms with Gasteiger partial charge in [0.05, 0.1) is 23.8 Å². The van der Waals surface area contributed by atoms with E-state index in [0.29, 0.717) is 5.75 Å². The second kappa shape index (κ2) is 14.6. The van der Waals surface area contributed by atoms with E-state index in [2.05, 4.69) is 15.5 Å². The minimum atomic E-state index is -5.36. The first-order chi connectivity index (χ1) is 21.6. The maximum Gasteiger partial charge on any atom is 0.491 e. The predicted molar refractivity (Wildman–Crippen MR) is 159 cm³/mol. The van der Waals surface area contributed by atoms with E-state index in [4.69, 9.17) is 20.6 Å². The molecule has 3 aromatic carbocycles. The Kier molecular flexibility index (Phi) is 11.2. The van der Waals surface area contributed by atoms with E-state index in [9.17, 15) is 36.4 Å². The van der Waals surface area contributed by atoms with Crippen molar-refractivity contribution in [3.63, 3.8) is 0 Å². The van der Waals surface area contributed by atoms with Gasteiger partial charge >= 0.3 is 12.1 Å². The number of nitrogen functional groups attached to an aromatic ring is 1. The molecule has 3 aromatic rings. The number of carbonyl (C=O) groups is 2. The van der Waals surface area contributed by atoms with Crippen LogP contribution in [0.3, 0.4) is 0 Å². The monoisotopic (exact) mass is 662 g/mol. The SMILES string of the molecule is CCOc1cc(C(Nc2ccc(C(=N)N)c(OC(=O)C(F)(F)F)c2)C(=O)NNS(=O)(=O)c2ccccc2C#N)ccc1OC(C)C. The molecule has 0 spiro atoms. The normalized spacial score (nSPS) is 12.0. The number of hydrogen-bond acceptors (Lipinski definition) is 10. The second-order valence-electron chi connectivity index (χ2n) is 9.60.